The van der Waals surface area contributed by atoms with Crippen LogP contribution in [-0.4, -0.2) is 12.1 Å². The molecular weight excluding hydrogens is 230 g/mol. The normalized spacial score (nSPS) is 26.1. The smallest absolute Gasteiger partial charge is 0.00696 e. The lowest BCUT2D eigenvalue weighted by Crippen LogP contribution is -2.36. The Labute approximate surface area is 121 Å². The number of unbranched alkanes of at least 4 members (excludes halogenated alkanes) is 3. The molecule has 1 nitrogen and oxygen atoms in total. The van der Waals surface area contributed by atoms with Crippen molar-refractivity contribution in [2.75, 3.05) is 0 Å². The third-order valence-corrected chi connectivity index (χ3v) is 4.80. The highest BCUT2D eigenvalue weighted by Gasteiger charge is 2.19. The minimum atomic E-state index is 0.726. The summed E-state index contributed by atoms with van der Waals surface area (Å²) < 4.78 is 0. The molecule has 114 valence electrons. The molecule has 1 saturated carbocycles. The van der Waals surface area contributed by atoms with E-state index in [1.54, 1.807) is 0 Å². The van der Waals surface area contributed by atoms with Crippen LogP contribution in [0.2, 0.25) is 0 Å². The van der Waals surface area contributed by atoms with E-state index < -0.39 is 0 Å². The van der Waals surface area contributed by atoms with Crippen LogP contribution in [0, 0.1) is 5.92 Å². The number of nitrogens with one attached hydrogen (secondary N) is 1. The van der Waals surface area contributed by atoms with E-state index in [1.165, 1.54) is 77.0 Å². The SMILES string of the molecule is CCCCCCC(C)NC1CCCC(CCC)CC1. The first kappa shape index (κ1) is 17.0. The molecule has 1 fully saturated rings. The van der Waals surface area contributed by atoms with Gasteiger partial charge in [-0.1, -0.05) is 65.2 Å². The van der Waals surface area contributed by atoms with Gasteiger partial charge in [0.15, 0.2) is 0 Å². The summed E-state index contributed by atoms with van der Waals surface area (Å²) in [5.41, 5.74) is 0. The quantitative estimate of drug-likeness (QED) is 0.418. The van der Waals surface area contributed by atoms with Crippen LogP contribution in [-0.2, 0) is 0 Å². The Morgan fingerprint density at radius 2 is 1.79 bits per heavy atom. The van der Waals surface area contributed by atoms with Gasteiger partial charge in [0.1, 0.15) is 0 Å². The molecule has 0 aromatic carbocycles. The average molecular weight is 268 g/mol. The van der Waals surface area contributed by atoms with E-state index >= 15 is 0 Å². The lowest BCUT2D eigenvalue weighted by atomic mass is 9.95. The van der Waals surface area contributed by atoms with Crippen LogP contribution in [0.4, 0.5) is 0 Å². The van der Waals surface area contributed by atoms with Crippen molar-refractivity contribution < 1.29 is 0 Å². The summed E-state index contributed by atoms with van der Waals surface area (Å²) in [5.74, 6) is 1.02. The summed E-state index contributed by atoms with van der Waals surface area (Å²) in [7, 11) is 0. The molecule has 0 heterocycles. The van der Waals surface area contributed by atoms with Crippen molar-refractivity contribution in [1.29, 1.82) is 0 Å². The third kappa shape index (κ3) is 7.97. The summed E-state index contributed by atoms with van der Waals surface area (Å²) in [6.07, 6.45) is 17.0. The van der Waals surface area contributed by atoms with Gasteiger partial charge in [0.05, 0.1) is 0 Å². The van der Waals surface area contributed by atoms with E-state index in [4.69, 9.17) is 0 Å². The minimum absolute atomic E-state index is 0.726. The van der Waals surface area contributed by atoms with E-state index in [1.807, 2.05) is 0 Å². The van der Waals surface area contributed by atoms with Crippen LogP contribution in [0.5, 0.6) is 0 Å². The molecule has 3 atom stereocenters. The van der Waals surface area contributed by atoms with Gasteiger partial charge in [0.25, 0.3) is 0 Å². The van der Waals surface area contributed by atoms with Crippen molar-refractivity contribution in [2.45, 2.75) is 110 Å². The Bertz CT molecular complexity index is 202. The zero-order valence-electron chi connectivity index (χ0n) is 13.7. The Morgan fingerprint density at radius 1 is 0.947 bits per heavy atom. The van der Waals surface area contributed by atoms with E-state index in [-0.39, 0.29) is 0 Å². The summed E-state index contributed by atoms with van der Waals surface area (Å²) in [4.78, 5) is 0. The zero-order chi connectivity index (χ0) is 13.9. The molecule has 0 aromatic heterocycles. The van der Waals surface area contributed by atoms with Gasteiger partial charge in [0.2, 0.25) is 0 Å². The second-order valence-corrected chi connectivity index (χ2v) is 6.78. The molecule has 0 bridgehead atoms. The van der Waals surface area contributed by atoms with Gasteiger partial charge in [-0.25, -0.2) is 0 Å². The van der Waals surface area contributed by atoms with Crippen molar-refractivity contribution in [3.63, 3.8) is 0 Å². The van der Waals surface area contributed by atoms with Crippen molar-refractivity contribution in [1.82, 2.24) is 5.32 Å². The largest absolute Gasteiger partial charge is 0.312 e. The monoisotopic (exact) mass is 267 g/mol. The predicted octanol–water partition coefficient (Wildman–Crippen LogP) is 5.68. The molecule has 1 aliphatic carbocycles. The highest BCUT2D eigenvalue weighted by Crippen LogP contribution is 2.27. The van der Waals surface area contributed by atoms with Gasteiger partial charge in [0, 0.05) is 12.1 Å². The number of hydrogen-bond donors (Lipinski definition) is 1. The molecular formula is C18H37N. The molecule has 0 radical (unpaired) electrons. The first-order valence-electron chi connectivity index (χ1n) is 9.02. The van der Waals surface area contributed by atoms with Gasteiger partial charge in [-0.2, -0.15) is 0 Å². The second kappa shape index (κ2) is 10.7. The molecule has 3 unspecified atom stereocenters. The van der Waals surface area contributed by atoms with Gasteiger partial charge in [-0.15, -0.1) is 0 Å². The van der Waals surface area contributed by atoms with Crippen LogP contribution < -0.4 is 5.32 Å². The van der Waals surface area contributed by atoms with E-state index in [2.05, 4.69) is 26.1 Å². The van der Waals surface area contributed by atoms with Crippen molar-refractivity contribution in [3.8, 4) is 0 Å². The van der Waals surface area contributed by atoms with Crippen LogP contribution >= 0.6 is 0 Å². The molecule has 0 saturated heterocycles. The minimum Gasteiger partial charge on any atom is -0.312 e. The lowest BCUT2D eigenvalue weighted by molar-refractivity contribution is 0.374. The molecule has 1 aliphatic rings. The van der Waals surface area contributed by atoms with Crippen LogP contribution in [0.15, 0.2) is 0 Å². The summed E-state index contributed by atoms with van der Waals surface area (Å²) >= 11 is 0. The fourth-order valence-electron chi connectivity index (χ4n) is 3.61. The summed E-state index contributed by atoms with van der Waals surface area (Å²) in [6.45, 7) is 7.01. The fourth-order valence-corrected chi connectivity index (χ4v) is 3.61. The molecule has 0 aromatic rings. The van der Waals surface area contributed by atoms with Crippen LogP contribution in [0.1, 0.15) is 97.8 Å². The van der Waals surface area contributed by atoms with E-state index in [9.17, 15) is 0 Å². The first-order valence-corrected chi connectivity index (χ1v) is 9.02. The Morgan fingerprint density at radius 3 is 2.53 bits per heavy atom. The topological polar surface area (TPSA) is 12.0 Å². The average Bonchev–Trinajstić information content (AvgIpc) is 2.61. The number of rotatable bonds is 9. The highest BCUT2D eigenvalue weighted by atomic mass is 14.9. The van der Waals surface area contributed by atoms with E-state index in [0.717, 1.165) is 18.0 Å². The highest BCUT2D eigenvalue weighted by molar-refractivity contribution is 4.77. The van der Waals surface area contributed by atoms with Gasteiger partial charge in [-0.3, -0.25) is 0 Å². The van der Waals surface area contributed by atoms with Crippen molar-refractivity contribution in [2.24, 2.45) is 5.92 Å². The van der Waals surface area contributed by atoms with Crippen LogP contribution in [0.25, 0.3) is 0 Å². The van der Waals surface area contributed by atoms with E-state index in [0.29, 0.717) is 0 Å². The maximum Gasteiger partial charge on any atom is 0.00696 e. The zero-order valence-corrected chi connectivity index (χ0v) is 13.7. The maximum atomic E-state index is 3.90. The standard InChI is InChI=1S/C18H37N/c1-4-6-7-8-11-16(3)19-18-13-9-12-17(10-5-2)14-15-18/h16-19H,4-15H2,1-3H3. The summed E-state index contributed by atoms with van der Waals surface area (Å²) in [6, 6.07) is 1.53. The molecule has 1 rings (SSSR count). The van der Waals surface area contributed by atoms with Gasteiger partial charge < -0.3 is 5.32 Å². The number of hydrogen-bond acceptors (Lipinski definition) is 1. The molecule has 19 heavy (non-hydrogen) atoms. The Kier molecular flexibility index (Phi) is 9.59. The second-order valence-electron chi connectivity index (χ2n) is 6.78. The van der Waals surface area contributed by atoms with Crippen molar-refractivity contribution in [3.05, 3.63) is 0 Å². The van der Waals surface area contributed by atoms with Gasteiger partial charge in [-0.05, 0) is 38.5 Å². The molecule has 0 amide bonds. The third-order valence-electron chi connectivity index (χ3n) is 4.80. The summed E-state index contributed by atoms with van der Waals surface area (Å²) in [5, 5.41) is 3.90. The first-order chi connectivity index (χ1) is 9.26. The molecule has 1 N–H and O–H groups in total. The van der Waals surface area contributed by atoms with Crippen molar-refractivity contribution >= 4 is 0 Å². The molecule has 0 aliphatic heterocycles. The Balaban J connectivity index is 2.14. The molecule has 1 heteroatoms. The van der Waals surface area contributed by atoms with Gasteiger partial charge >= 0.3 is 0 Å². The predicted molar refractivity (Wildman–Crippen MR) is 86.6 cm³/mol. The fraction of sp³-hybridized carbons (Fsp3) is 1.00. The van der Waals surface area contributed by atoms with Crippen LogP contribution in [0.3, 0.4) is 0 Å². The lowest BCUT2D eigenvalue weighted by Gasteiger charge is -2.22. The Hall–Kier alpha value is -0.0400. The maximum absolute atomic E-state index is 3.90. The molecule has 0 spiro atoms.